The van der Waals surface area contributed by atoms with Crippen LogP contribution in [0.3, 0.4) is 0 Å². The van der Waals surface area contributed by atoms with Gasteiger partial charge in [-0.3, -0.25) is 4.79 Å². The van der Waals surface area contributed by atoms with Crippen LogP contribution < -0.4 is 10.9 Å². The predicted octanol–water partition coefficient (Wildman–Crippen LogP) is -0.622. The number of halogens is 1. The minimum atomic E-state index is -3.67. The zero-order chi connectivity index (χ0) is 14.3. The van der Waals surface area contributed by atoms with Gasteiger partial charge in [-0.15, -0.1) is 0 Å². The second kappa shape index (κ2) is 7.29. The lowest BCUT2D eigenvalue weighted by Crippen LogP contribution is -2.33. The molecule has 0 heterocycles. The zero-order valence-corrected chi connectivity index (χ0v) is 10.7. The molecule has 102 valence electrons. The van der Waals surface area contributed by atoms with Gasteiger partial charge in [-0.25, -0.2) is 13.6 Å². The van der Waals surface area contributed by atoms with Crippen molar-refractivity contribution in [3.8, 4) is 0 Å². The quantitative estimate of drug-likeness (QED) is 0.585. The van der Waals surface area contributed by atoms with E-state index in [1.807, 2.05) is 0 Å². The van der Waals surface area contributed by atoms with Crippen molar-refractivity contribution in [3.63, 3.8) is 0 Å². The molecule has 9 heteroatoms. The largest absolute Gasteiger partial charge is 0.480 e. The summed E-state index contributed by atoms with van der Waals surface area (Å²) in [6.07, 6.45) is 0. The number of hydrogen-bond donors (Lipinski definition) is 4. The summed E-state index contributed by atoms with van der Waals surface area (Å²) in [5, 5.41) is 20.9. The van der Waals surface area contributed by atoms with Gasteiger partial charge < -0.3 is 15.9 Å². The first kappa shape index (κ1) is 16.8. The number of sulfonamides is 1. The number of aliphatic carboxylic acids is 1. The Labute approximate surface area is 109 Å². The van der Waals surface area contributed by atoms with Crippen LogP contribution in [0.25, 0.3) is 0 Å². The molecule has 0 aliphatic carbocycles. The van der Waals surface area contributed by atoms with Gasteiger partial charge in [-0.1, -0.05) is 23.7 Å². The summed E-state index contributed by atoms with van der Waals surface area (Å²) < 4.78 is 21.5. The van der Waals surface area contributed by atoms with E-state index >= 15 is 0 Å². The number of aliphatic hydroxyl groups excluding tert-OH is 1. The molecule has 0 bridgehead atoms. The van der Waals surface area contributed by atoms with E-state index < -0.39 is 28.6 Å². The topological polar surface area (TPSA) is 144 Å². The molecule has 0 spiro atoms. The fourth-order valence-corrected chi connectivity index (χ4v) is 1.82. The number of benzene rings is 1. The molecule has 0 radical (unpaired) electrons. The Bertz CT molecular complexity index is 505. The highest BCUT2D eigenvalue weighted by Gasteiger charge is 2.10. The summed E-state index contributed by atoms with van der Waals surface area (Å²) in [5.74, 6) is -1.18. The van der Waals surface area contributed by atoms with Gasteiger partial charge >= 0.3 is 5.97 Å². The minimum Gasteiger partial charge on any atom is -0.480 e. The first-order chi connectivity index (χ1) is 8.20. The Balaban J connectivity index is 0.000000360. The Hall–Kier alpha value is -1.19. The lowest BCUT2D eigenvalue weighted by Gasteiger charge is -1.98. The fraction of sp³-hybridized carbons (Fsp3) is 0.222. The van der Waals surface area contributed by atoms with Gasteiger partial charge in [0.15, 0.2) is 0 Å². The van der Waals surface area contributed by atoms with Crippen LogP contribution in [0.15, 0.2) is 29.2 Å². The first-order valence-corrected chi connectivity index (χ1v) is 6.49. The van der Waals surface area contributed by atoms with E-state index in [0.717, 1.165) is 0 Å². The summed E-state index contributed by atoms with van der Waals surface area (Å²) in [6.45, 7) is -0.505. The minimum absolute atomic E-state index is 0.0401. The van der Waals surface area contributed by atoms with Gasteiger partial charge in [-0.05, 0) is 12.1 Å². The molecule has 0 saturated heterocycles. The third-order valence-electron chi connectivity index (χ3n) is 1.66. The average Bonchev–Trinajstić information content (AvgIpc) is 2.27. The van der Waals surface area contributed by atoms with E-state index in [1.165, 1.54) is 12.1 Å². The Kier molecular flexibility index (Phi) is 6.81. The lowest BCUT2D eigenvalue weighted by molar-refractivity contribution is -0.139. The number of primary sulfonamides is 1. The lowest BCUT2D eigenvalue weighted by atomic mass is 10.3. The van der Waals surface area contributed by atoms with Crippen LogP contribution in [-0.4, -0.2) is 37.2 Å². The van der Waals surface area contributed by atoms with Crippen LogP contribution in [0.2, 0.25) is 5.02 Å². The Morgan fingerprint density at radius 3 is 2.11 bits per heavy atom. The molecule has 0 unspecified atom stereocenters. The van der Waals surface area contributed by atoms with Gasteiger partial charge in [-0.2, -0.15) is 0 Å². The van der Waals surface area contributed by atoms with Gasteiger partial charge in [0.05, 0.1) is 11.6 Å². The molecule has 1 rings (SSSR count). The standard InChI is InChI=1S/C6H6ClNO2S.C3H7NO3/c7-5-3-1-2-4-6(5)11(8,9)10;4-2(1-5)3(6)7/h1-4H,(H2,8,9,10);2,5H,1,4H2,(H,6,7)/t;2-/m.0/s1. The molecule has 0 aromatic heterocycles. The van der Waals surface area contributed by atoms with Crippen LogP contribution in [0.1, 0.15) is 0 Å². The van der Waals surface area contributed by atoms with Crippen molar-refractivity contribution in [2.45, 2.75) is 10.9 Å². The third-order valence-corrected chi connectivity index (χ3v) is 3.07. The van der Waals surface area contributed by atoms with Crippen LogP contribution in [0, 0.1) is 0 Å². The average molecular weight is 297 g/mol. The monoisotopic (exact) mass is 296 g/mol. The number of carboxylic acid groups (broad SMARTS) is 1. The number of aliphatic hydroxyl groups is 1. The van der Waals surface area contributed by atoms with Crippen molar-refractivity contribution in [1.29, 1.82) is 0 Å². The van der Waals surface area contributed by atoms with Crippen molar-refractivity contribution in [3.05, 3.63) is 29.3 Å². The van der Waals surface area contributed by atoms with Crippen molar-refractivity contribution >= 4 is 27.6 Å². The van der Waals surface area contributed by atoms with Gasteiger partial charge in [0.2, 0.25) is 10.0 Å². The van der Waals surface area contributed by atoms with Gasteiger partial charge in [0, 0.05) is 0 Å². The summed E-state index contributed by atoms with van der Waals surface area (Å²) >= 11 is 5.55. The van der Waals surface area contributed by atoms with Gasteiger partial charge in [0.25, 0.3) is 0 Å². The molecule has 0 aliphatic heterocycles. The molecule has 18 heavy (non-hydrogen) atoms. The molecular weight excluding hydrogens is 284 g/mol. The van der Waals surface area contributed by atoms with E-state index in [4.69, 9.17) is 32.7 Å². The molecule has 6 N–H and O–H groups in total. The summed E-state index contributed by atoms with van der Waals surface area (Å²) in [4.78, 5) is 9.61. The highest BCUT2D eigenvalue weighted by molar-refractivity contribution is 7.89. The first-order valence-electron chi connectivity index (χ1n) is 4.56. The van der Waals surface area contributed by atoms with Crippen LogP contribution >= 0.6 is 11.6 Å². The molecule has 0 amide bonds. The number of carboxylic acids is 1. The van der Waals surface area contributed by atoms with Crippen molar-refractivity contribution in [2.75, 3.05) is 6.61 Å². The van der Waals surface area contributed by atoms with Gasteiger partial charge in [0.1, 0.15) is 10.9 Å². The number of carbonyl (C=O) groups is 1. The summed E-state index contributed by atoms with van der Waals surface area (Å²) in [6, 6.07) is 4.90. The maximum atomic E-state index is 10.7. The van der Waals surface area contributed by atoms with Crippen LogP contribution in [0.4, 0.5) is 0 Å². The van der Waals surface area contributed by atoms with Crippen molar-refractivity contribution in [2.24, 2.45) is 10.9 Å². The molecular formula is C9H13ClN2O5S. The second-order valence-corrected chi connectivity index (χ2v) is 5.04. The maximum Gasteiger partial charge on any atom is 0.322 e. The Morgan fingerprint density at radius 1 is 1.39 bits per heavy atom. The molecule has 0 fully saturated rings. The van der Waals surface area contributed by atoms with E-state index in [9.17, 15) is 13.2 Å². The molecule has 0 aliphatic rings. The van der Waals surface area contributed by atoms with E-state index in [2.05, 4.69) is 0 Å². The Morgan fingerprint density at radius 2 is 1.89 bits per heavy atom. The number of rotatable bonds is 3. The normalized spacial score (nSPS) is 12.2. The highest BCUT2D eigenvalue weighted by atomic mass is 35.5. The fourth-order valence-electron chi connectivity index (χ4n) is 0.754. The van der Waals surface area contributed by atoms with Crippen molar-refractivity contribution in [1.82, 2.24) is 0 Å². The van der Waals surface area contributed by atoms with Crippen molar-refractivity contribution < 1.29 is 23.4 Å². The molecule has 0 saturated carbocycles. The van der Waals surface area contributed by atoms with Crippen LogP contribution in [0.5, 0.6) is 0 Å². The molecule has 7 nitrogen and oxygen atoms in total. The second-order valence-electron chi connectivity index (χ2n) is 3.10. The zero-order valence-electron chi connectivity index (χ0n) is 9.15. The SMILES string of the molecule is NS(=O)(=O)c1ccccc1Cl.N[C@@H](CO)C(=O)O. The highest BCUT2D eigenvalue weighted by Crippen LogP contribution is 2.18. The maximum absolute atomic E-state index is 10.7. The van der Waals surface area contributed by atoms with E-state index in [0.29, 0.717) is 0 Å². The number of hydrogen-bond acceptors (Lipinski definition) is 5. The molecule has 1 aromatic rings. The summed E-state index contributed by atoms with van der Waals surface area (Å²) in [5.41, 5.74) is 4.77. The smallest absolute Gasteiger partial charge is 0.322 e. The summed E-state index contributed by atoms with van der Waals surface area (Å²) in [7, 11) is -3.67. The third kappa shape index (κ3) is 5.94. The molecule has 1 aromatic carbocycles. The molecule has 1 atom stereocenters. The predicted molar refractivity (Wildman–Crippen MR) is 65.5 cm³/mol. The number of nitrogens with two attached hydrogens (primary N) is 2. The van der Waals surface area contributed by atoms with E-state index in [-0.39, 0.29) is 9.92 Å². The van der Waals surface area contributed by atoms with E-state index in [1.54, 1.807) is 12.1 Å². The van der Waals surface area contributed by atoms with Crippen LogP contribution in [-0.2, 0) is 14.8 Å².